The molecule has 0 radical (unpaired) electrons. The van der Waals surface area contributed by atoms with Crippen LogP contribution in [0.5, 0.6) is 0 Å². The molecule has 1 unspecified atom stereocenters. The molecule has 1 N–H and O–H groups in total. The summed E-state index contributed by atoms with van der Waals surface area (Å²) in [6.07, 6.45) is 6.29. The van der Waals surface area contributed by atoms with Crippen LogP contribution >= 0.6 is 0 Å². The summed E-state index contributed by atoms with van der Waals surface area (Å²) in [5.74, 6) is 0. The maximum atomic E-state index is 12.7. The second kappa shape index (κ2) is 6.52. The fraction of sp³-hybridized carbons (Fsp3) is 1.00. The van der Waals surface area contributed by atoms with Crippen LogP contribution in [0.1, 0.15) is 45.4 Å². The molecule has 1 aliphatic carbocycles. The summed E-state index contributed by atoms with van der Waals surface area (Å²) in [6.45, 7) is 4.40. The van der Waals surface area contributed by atoms with E-state index in [4.69, 9.17) is 0 Å². The Kier molecular flexibility index (Phi) is 5.22. The van der Waals surface area contributed by atoms with Gasteiger partial charge in [0.1, 0.15) is 0 Å². The lowest BCUT2D eigenvalue weighted by molar-refractivity contribution is 0.196. The van der Waals surface area contributed by atoms with Gasteiger partial charge in [-0.3, -0.25) is 0 Å². The van der Waals surface area contributed by atoms with E-state index < -0.39 is 10.2 Å². The molecule has 1 heterocycles. The number of hydrogen-bond acceptors (Lipinski definition) is 3. The SMILES string of the molecule is CCNCC1CCCCN1S(=O)(=O)N(C)C1CCC1. The average molecular weight is 289 g/mol. The summed E-state index contributed by atoms with van der Waals surface area (Å²) in [4.78, 5) is 0. The number of nitrogens with zero attached hydrogens (tertiary/aromatic N) is 2. The Bertz CT molecular complexity index is 381. The Morgan fingerprint density at radius 3 is 2.53 bits per heavy atom. The Labute approximate surface area is 117 Å². The third-order valence-corrected chi connectivity index (χ3v) is 6.55. The van der Waals surface area contributed by atoms with E-state index in [1.807, 2.05) is 0 Å². The van der Waals surface area contributed by atoms with Crippen LogP contribution < -0.4 is 5.32 Å². The highest BCUT2D eigenvalue weighted by Gasteiger charge is 2.38. The number of rotatable bonds is 6. The van der Waals surface area contributed by atoms with Crippen LogP contribution in [0.15, 0.2) is 0 Å². The first-order chi connectivity index (χ1) is 9.07. The van der Waals surface area contributed by atoms with Crippen molar-refractivity contribution in [3.8, 4) is 0 Å². The van der Waals surface area contributed by atoms with Crippen molar-refractivity contribution >= 4 is 10.2 Å². The minimum Gasteiger partial charge on any atom is -0.315 e. The first-order valence-electron chi connectivity index (χ1n) is 7.53. The zero-order valence-corrected chi connectivity index (χ0v) is 13.0. The number of hydrogen-bond donors (Lipinski definition) is 1. The molecule has 2 aliphatic rings. The van der Waals surface area contributed by atoms with Gasteiger partial charge in [0.05, 0.1) is 0 Å². The predicted molar refractivity (Wildman–Crippen MR) is 77.2 cm³/mol. The molecule has 0 aromatic carbocycles. The zero-order chi connectivity index (χ0) is 13.9. The van der Waals surface area contributed by atoms with Crippen LogP contribution in [-0.4, -0.2) is 55.8 Å². The summed E-state index contributed by atoms with van der Waals surface area (Å²) < 4.78 is 28.8. The van der Waals surface area contributed by atoms with Gasteiger partial charge in [-0.2, -0.15) is 17.0 Å². The van der Waals surface area contributed by atoms with Gasteiger partial charge in [-0.25, -0.2) is 0 Å². The van der Waals surface area contributed by atoms with Gasteiger partial charge in [0.25, 0.3) is 10.2 Å². The van der Waals surface area contributed by atoms with Crippen LogP contribution in [0.3, 0.4) is 0 Å². The van der Waals surface area contributed by atoms with Crippen LogP contribution in [0.25, 0.3) is 0 Å². The minimum atomic E-state index is -3.28. The van der Waals surface area contributed by atoms with E-state index >= 15 is 0 Å². The zero-order valence-electron chi connectivity index (χ0n) is 12.1. The van der Waals surface area contributed by atoms with Gasteiger partial charge in [0.2, 0.25) is 0 Å². The molecule has 0 spiro atoms. The molecule has 2 rings (SSSR count). The van der Waals surface area contributed by atoms with Gasteiger partial charge < -0.3 is 5.32 Å². The molecule has 0 aromatic rings. The lowest BCUT2D eigenvalue weighted by Gasteiger charge is -2.41. The van der Waals surface area contributed by atoms with E-state index in [1.165, 1.54) is 0 Å². The highest BCUT2D eigenvalue weighted by Crippen LogP contribution is 2.29. The Hall–Kier alpha value is -0.170. The van der Waals surface area contributed by atoms with Crippen molar-refractivity contribution in [1.82, 2.24) is 13.9 Å². The van der Waals surface area contributed by atoms with Gasteiger partial charge in [0.15, 0.2) is 0 Å². The number of piperidine rings is 1. The molecule has 1 saturated heterocycles. The van der Waals surface area contributed by atoms with Crippen LogP contribution in [0.2, 0.25) is 0 Å². The fourth-order valence-corrected chi connectivity index (χ4v) is 4.73. The van der Waals surface area contributed by atoms with Crippen molar-refractivity contribution in [2.24, 2.45) is 0 Å². The van der Waals surface area contributed by atoms with Gasteiger partial charge in [0, 0.05) is 32.2 Å². The normalized spacial score (nSPS) is 26.6. The molecule has 1 atom stereocenters. The maximum absolute atomic E-state index is 12.7. The van der Waals surface area contributed by atoms with Crippen molar-refractivity contribution in [2.75, 3.05) is 26.7 Å². The van der Waals surface area contributed by atoms with E-state index in [-0.39, 0.29) is 12.1 Å². The van der Waals surface area contributed by atoms with Crippen LogP contribution in [0, 0.1) is 0 Å². The molecule has 6 heteroatoms. The molecule has 1 aliphatic heterocycles. The van der Waals surface area contributed by atoms with Crippen molar-refractivity contribution < 1.29 is 8.42 Å². The lowest BCUT2D eigenvalue weighted by atomic mass is 9.94. The first kappa shape index (κ1) is 15.2. The average Bonchev–Trinajstić information content (AvgIpc) is 2.34. The summed E-state index contributed by atoms with van der Waals surface area (Å²) in [5, 5.41) is 3.29. The van der Waals surface area contributed by atoms with Gasteiger partial charge >= 0.3 is 0 Å². The van der Waals surface area contributed by atoms with Crippen molar-refractivity contribution in [3.63, 3.8) is 0 Å². The lowest BCUT2D eigenvalue weighted by Crippen LogP contribution is -2.55. The first-order valence-corrected chi connectivity index (χ1v) is 8.92. The largest absolute Gasteiger partial charge is 0.315 e. The second-order valence-electron chi connectivity index (χ2n) is 5.68. The molecule has 2 fully saturated rings. The summed E-state index contributed by atoms with van der Waals surface area (Å²) in [5.41, 5.74) is 0. The molecule has 112 valence electrons. The fourth-order valence-electron chi connectivity index (χ4n) is 2.90. The topological polar surface area (TPSA) is 52.7 Å². The molecule has 0 aromatic heterocycles. The van der Waals surface area contributed by atoms with E-state index in [0.29, 0.717) is 6.54 Å². The third-order valence-electron chi connectivity index (χ3n) is 4.45. The van der Waals surface area contributed by atoms with E-state index in [0.717, 1.165) is 51.6 Å². The van der Waals surface area contributed by atoms with E-state index in [2.05, 4.69) is 12.2 Å². The summed E-state index contributed by atoms with van der Waals surface area (Å²) >= 11 is 0. The maximum Gasteiger partial charge on any atom is 0.282 e. The van der Waals surface area contributed by atoms with Crippen molar-refractivity contribution in [2.45, 2.75) is 57.5 Å². The molecule has 5 nitrogen and oxygen atoms in total. The predicted octanol–water partition coefficient (Wildman–Crippen LogP) is 1.18. The number of nitrogens with one attached hydrogen (secondary N) is 1. The summed E-state index contributed by atoms with van der Waals surface area (Å²) in [6, 6.07) is 0.355. The highest BCUT2D eigenvalue weighted by molar-refractivity contribution is 7.86. The Balaban J connectivity index is 2.06. The molecule has 19 heavy (non-hydrogen) atoms. The Morgan fingerprint density at radius 2 is 1.95 bits per heavy atom. The molecule has 0 amide bonds. The molecule has 1 saturated carbocycles. The molecular formula is C13H27N3O2S. The monoisotopic (exact) mass is 289 g/mol. The standard InChI is InChI=1S/C13H27N3O2S/c1-3-14-11-13-7-4-5-10-16(13)19(17,18)15(2)12-8-6-9-12/h12-14H,3-11H2,1-2H3. The quantitative estimate of drug-likeness (QED) is 0.799. The van der Waals surface area contributed by atoms with Crippen LogP contribution in [0.4, 0.5) is 0 Å². The third kappa shape index (κ3) is 3.29. The van der Waals surface area contributed by atoms with Crippen molar-refractivity contribution in [3.05, 3.63) is 0 Å². The molecular weight excluding hydrogens is 262 g/mol. The van der Waals surface area contributed by atoms with Gasteiger partial charge in [-0.15, -0.1) is 0 Å². The second-order valence-corrected chi connectivity index (χ2v) is 7.62. The van der Waals surface area contributed by atoms with E-state index in [1.54, 1.807) is 15.7 Å². The minimum absolute atomic E-state index is 0.126. The van der Waals surface area contributed by atoms with Crippen molar-refractivity contribution in [1.29, 1.82) is 0 Å². The molecule has 0 bridgehead atoms. The highest BCUT2D eigenvalue weighted by atomic mass is 32.2. The summed E-state index contributed by atoms with van der Waals surface area (Å²) in [7, 11) is -1.53. The van der Waals surface area contributed by atoms with E-state index in [9.17, 15) is 8.42 Å². The number of likely N-dealkylation sites (N-methyl/N-ethyl adjacent to an activating group) is 1. The van der Waals surface area contributed by atoms with Gasteiger partial charge in [-0.05, 0) is 32.2 Å². The van der Waals surface area contributed by atoms with Gasteiger partial charge in [-0.1, -0.05) is 19.8 Å². The smallest absolute Gasteiger partial charge is 0.282 e. The Morgan fingerprint density at radius 1 is 1.21 bits per heavy atom. The van der Waals surface area contributed by atoms with Crippen LogP contribution in [-0.2, 0) is 10.2 Å².